The lowest BCUT2D eigenvalue weighted by molar-refractivity contribution is -0.138. The molecule has 0 fully saturated rings. The Kier molecular flexibility index (Phi) is 18.7. The second kappa shape index (κ2) is 22.9. The predicted molar refractivity (Wildman–Crippen MR) is 217 cm³/mol. The average Bonchev–Trinajstić information content (AvgIpc) is 3.19. The van der Waals surface area contributed by atoms with Crippen molar-refractivity contribution in [1.82, 2.24) is 4.90 Å². The molecule has 0 spiro atoms. The van der Waals surface area contributed by atoms with E-state index >= 15 is 0 Å². The smallest absolute Gasteiger partial charge is 0.396 e. The van der Waals surface area contributed by atoms with Crippen molar-refractivity contribution in [3.8, 4) is 0 Å². The Bertz CT molecular complexity index is 1830. The number of anilines is 4. The Balaban J connectivity index is 0.000000221. The molecule has 0 bridgehead atoms. The number of para-hydroxylation sites is 2. The Hall–Kier alpha value is -3.15. The first kappa shape index (κ1) is 46.5. The zero-order chi connectivity index (χ0) is 41.4. The fourth-order valence-electron chi connectivity index (χ4n) is 6.18. The Morgan fingerprint density at radius 3 is 1.32 bits per heavy atom. The summed E-state index contributed by atoms with van der Waals surface area (Å²) in [6.45, 7) is 3.20. The zero-order valence-corrected chi connectivity index (χ0v) is 33.7. The summed E-state index contributed by atoms with van der Waals surface area (Å²) in [5.74, 6) is 0.472. The summed E-state index contributed by atoms with van der Waals surface area (Å²) in [5.41, 5.74) is 1.72. The van der Waals surface area contributed by atoms with Crippen LogP contribution in [0.2, 0.25) is 0 Å². The molecule has 0 saturated carbocycles. The number of halogens is 7. The van der Waals surface area contributed by atoms with Crippen molar-refractivity contribution in [3.05, 3.63) is 96.1 Å². The monoisotopic (exact) mass is 859 g/mol. The maximum Gasteiger partial charge on any atom is 0.416 e. The molecule has 0 unspecified atom stereocenters. The maximum absolute atomic E-state index is 13.2. The quantitative estimate of drug-likeness (QED) is 0.0530. The van der Waals surface area contributed by atoms with Crippen molar-refractivity contribution in [2.45, 2.75) is 64.0 Å². The third-order valence-electron chi connectivity index (χ3n) is 8.93. The van der Waals surface area contributed by atoms with E-state index < -0.39 is 23.5 Å². The van der Waals surface area contributed by atoms with Crippen LogP contribution in [0.1, 0.15) is 43.2 Å². The van der Waals surface area contributed by atoms with Crippen LogP contribution in [0.15, 0.2) is 105 Å². The predicted octanol–water partition coefficient (Wildman–Crippen LogP) is 10.1. The van der Waals surface area contributed by atoms with Gasteiger partial charge in [-0.15, -0.1) is 11.6 Å². The number of aliphatic hydroxyl groups excluding tert-OH is 4. The number of aliphatic hydroxyl groups is 4. The molecule has 2 heterocycles. The van der Waals surface area contributed by atoms with Crippen LogP contribution in [-0.2, 0) is 12.4 Å². The highest BCUT2D eigenvalue weighted by molar-refractivity contribution is 8.00. The van der Waals surface area contributed by atoms with Crippen molar-refractivity contribution < 1.29 is 46.8 Å². The lowest BCUT2D eigenvalue weighted by Gasteiger charge is -2.34. The number of benzene rings is 4. The minimum absolute atomic E-state index is 0.000956. The summed E-state index contributed by atoms with van der Waals surface area (Å²) < 4.78 is 78.6. The second-order valence-corrected chi connectivity index (χ2v) is 15.5. The molecular formula is C41H48ClF6N3O4S2. The van der Waals surface area contributed by atoms with Gasteiger partial charge >= 0.3 is 12.4 Å². The molecule has 0 radical (unpaired) electrons. The molecule has 0 aromatic heterocycles. The van der Waals surface area contributed by atoms with Gasteiger partial charge in [-0.05, 0) is 92.8 Å². The van der Waals surface area contributed by atoms with Crippen molar-refractivity contribution in [3.63, 3.8) is 0 Å². The van der Waals surface area contributed by atoms with Gasteiger partial charge in [0, 0.05) is 71.4 Å². The fraction of sp³-hybridized carbons (Fsp3) is 0.415. The summed E-state index contributed by atoms with van der Waals surface area (Å²) in [6, 6.07) is 23.2. The van der Waals surface area contributed by atoms with Gasteiger partial charge in [0.2, 0.25) is 0 Å². The molecule has 6 rings (SSSR count). The van der Waals surface area contributed by atoms with E-state index in [2.05, 4.69) is 0 Å². The Morgan fingerprint density at radius 1 is 0.491 bits per heavy atom. The summed E-state index contributed by atoms with van der Waals surface area (Å²) in [7, 11) is 0. The van der Waals surface area contributed by atoms with Crippen molar-refractivity contribution >= 4 is 57.9 Å². The van der Waals surface area contributed by atoms with E-state index in [1.807, 2.05) is 63.2 Å². The van der Waals surface area contributed by atoms with E-state index in [0.717, 1.165) is 62.4 Å². The number of hydrogen-bond donors (Lipinski definition) is 4. The molecule has 4 aromatic carbocycles. The molecule has 0 amide bonds. The van der Waals surface area contributed by atoms with E-state index in [-0.39, 0.29) is 26.4 Å². The highest BCUT2D eigenvalue weighted by Gasteiger charge is 2.34. The number of rotatable bonds is 15. The van der Waals surface area contributed by atoms with E-state index in [0.29, 0.717) is 62.8 Å². The minimum Gasteiger partial charge on any atom is -0.396 e. The molecule has 0 atom stereocenters. The standard InChI is InChI=1S/C20H23F3N2O2S.C16H13ClF3NS.C5H12O2/c21-20(22,23)15-6-7-19-17(14-15)25(16-4-1-2-5-18(16)28-19)9-3-8-24(10-12-26)11-13-27;17-8-3-9-21-12-4-1-2-5-14(12)22-15-7-6-11(10-13(15)21)16(18,19)20;6-4-2-1-3-5-7/h1-2,4-7,14,26-27H,3,8-13H2;1-2,4-7,10H,3,8-9H2;6-7H,1-5H2. The summed E-state index contributed by atoms with van der Waals surface area (Å²) in [4.78, 5) is 9.50. The average molecular weight is 860 g/mol. The molecule has 16 heteroatoms. The Labute approximate surface area is 343 Å². The van der Waals surface area contributed by atoms with E-state index in [4.69, 9.17) is 32.0 Å². The summed E-state index contributed by atoms with van der Waals surface area (Å²) in [5, 5.41) is 34.7. The van der Waals surface area contributed by atoms with Gasteiger partial charge in [-0.3, -0.25) is 4.90 Å². The first-order valence-corrected chi connectivity index (χ1v) is 20.8. The molecule has 4 N–H and O–H groups in total. The Morgan fingerprint density at radius 2 is 0.912 bits per heavy atom. The van der Waals surface area contributed by atoms with Gasteiger partial charge in [0.05, 0.1) is 47.1 Å². The van der Waals surface area contributed by atoms with Crippen LogP contribution in [-0.4, -0.2) is 90.4 Å². The van der Waals surface area contributed by atoms with Crippen LogP contribution in [0.25, 0.3) is 0 Å². The number of hydrogen-bond acceptors (Lipinski definition) is 9. The van der Waals surface area contributed by atoms with E-state index in [1.54, 1.807) is 6.07 Å². The third kappa shape index (κ3) is 13.4. The number of fused-ring (bicyclic) bond motifs is 4. The summed E-state index contributed by atoms with van der Waals surface area (Å²) in [6.07, 6.45) is -4.75. The van der Waals surface area contributed by atoms with Gasteiger partial charge in [-0.1, -0.05) is 47.8 Å². The second-order valence-electron chi connectivity index (χ2n) is 13.0. The van der Waals surface area contributed by atoms with Gasteiger partial charge in [0.1, 0.15) is 0 Å². The van der Waals surface area contributed by atoms with Gasteiger partial charge in [-0.25, -0.2) is 0 Å². The van der Waals surface area contributed by atoms with Crippen molar-refractivity contribution in [2.75, 3.05) is 74.8 Å². The van der Waals surface area contributed by atoms with Crippen LogP contribution < -0.4 is 9.80 Å². The van der Waals surface area contributed by atoms with E-state index in [9.17, 15) is 26.3 Å². The zero-order valence-electron chi connectivity index (χ0n) is 31.3. The maximum atomic E-state index is 13.2. The van der Waals surface area contributed by atoms with Crippen LogP contribution in [0.5, 0.6) is 0 Å². The molecule has 0 saturated heterocycles. The topological polar surface area (TPSA) is 90.6 Å². The molecule has 4 aromatic rings. The van der Waals surface area contributed by atoms with Crippen molar-refractivity contribution in [2.24, 2.45) is 0 Å². The van der Waals surface area contributed by atoms with Crippen molar-refractivity contribution in [1.29, 1.82) is 0 Å². The lowest BCUT2D eigenvalue weighted by atomic mass is 10.1. The van der Waals surface area contributed by atoms with Gasteiger partial charge in [0.15, 0.2) is 0 Å². The highest BCUT2D eigenvalue weighted by atomic mass is 35.5. The highest BCUT2D eigenvalue weighted by Crippen LogP contribution is 2.51. The fourth-order valence-corrected chi connectivity index (χ4v) is 8.45. The first-order valence-electron chi connectivity index (χ1n) is 18.6. The minimum atomic E-state index is -4.39. The number of alkyl halides is 7. The molecule has 7 nitrogen and oxygen atoms in total. The molecule has 0 aliphatic carbocycles. The van der Waals surface area contributed by atoms with Gasteiger partial charge in [-0.2, -0.15) is 26.3 Å². The lowest BCUT2D eigenvalue weighted by Crippen LogP contribution is -2.33. The molecule has 2 aliphatic heterocycles. The molecule has 57 heavy (non-hydrogen) atoms. The van der Waals surface area contributed by atoms with Crippen LogP contribution in [0.3, 0.4) is 0 Å². The van der Waals surface area contributed by atoms with Crippen LogP contribution in [0, 0.1) is 0 Å². The first-order chi connectivity index (χ1) is 27.4. The van der Waals surface area contributed by atoms with Gasteiger partial charge < -0.3 is 30.2 Å². The number of nitrogens with zero attached hydrogens (tertiary/aromatic N) is 3. The normalized spacial score (nSPS) is 13.1. The molecular weight excluding hydrogens is 812 g/mol. The summed E-state index contributed by atoms with van der Waals surface area (Å²) >= 11 is 8.74. The molecule has 2 aliphatic rings. The van der Waals surface area contributed by atoms with Crippen LogP contribution >= 0.6 is 35.1 Å². The van der Waals surface area contributed by atoms with Crippen LogP contribution in [0.4, 0.5) is 49.1 Å². The molecule has 312 valence electrons. The van der Waals surface area contributed by atoms with Gasteiger partial charge in [0.25, 0.3) is 0 Å². The number of unbranched alkanes of at least 4 members (excludes halogenated alkanes) is 2. The van der Waals surface area contributed by atoms with E-state index in [1.165, 1.54) is 41.7 Å². The third-order valence-corrected chi connectivity index (χ3v) is 11.5. The largest absolute Gasteiger partial charge is 0.416 e. The SMILES string of the molecule is FC(F)(F)c1ccc2c(c1)N(CCCCl)c1ccccc1S2.OCCCCCO.OCCN(CCO)CCCN1c2ccccc2Sc2ccc(C(F)(F)F)cc21.